The van der Waals surface area contributed by atoms with E-state index >= 15 is 0 Å². The summed E-state index contributed by atoms with van der Waals surface area (Å²) in [5, 5.41) is 0. The lowest BCUT2D eigenvalue weighted by Crippen LogP contribution is -2.66. The molecule has 0 N–H and O–H groups in total. The molecule has 4 fully saturated rings. The molecule has 0 aromatic rings. The molecule has 4 heterocycles. The van der Waals surface area contributed by atoms with Gasteiger partial charge in [0.1, 0.15) is 0 Å². The molecule has 6 unspecified atom stereocenters. The summed E-state index contributed by atoms with van der Waals surface area (Å²) in [5.74, 6) is 1.88. The van der Waals surface area contributed by atoms with Gasteiger partial charge in [-0.2, -0.15) is 0 Å². The summed E-state index contributed by atoms with van der Waals surface area (Å²) < 4.78 is 0. The Morgan fingerprint density at radius 3 is 1.32 bits per heavy atom. The highest BCUT2D eigenvalue weighted by molar-refractivity contribution is 5.00. The molecule has 0 aliphatic carbocycles. The predicted octanol–water partition coefficient (Wildman–Crippen LogP) is 3.37. The lowest BCUT2D eigenvalue weighted by molar-refractivity contribution is -0.0743. The van der Waals surface area contributed by atoms with E-state index in [1.165, 1.54) is 65.0 Å². The Labute approximate surface area is 174 Å². The number of likely N-dealkylation sites (tertiary alicyclic amines) is 4. The van der Waals surface area contributed by atoms with E-state index in [2.05, 4.69) is 61.1 Å². The molecule has 0 aromatic heterocycles. The molecule has 4 heteroatoms. The van der Waals surface area contributed by atoms with Gasteiger partial charge >= 0.3 is 0 Å². The highest BCUT2D eigenvalue weighted by Crippen LogP contribution is 2.36. The van der Waals surface area contributed by atoms with Gasteiger partial charge in [0.25, 0.3) is 0 Å². The number of piperidine rings is 2. The minimum Gasteiger partial charge on any atom is -0.300 e. The maximum atomic E-state index is 2.81. The topological polar surface area (TPSA) is 13.0 Å². The summed E-state index contributed by atoms with van der Waals surface area (Å²) in [6.45, 7) is 22.4. The van der Waals surface area contributed by atoms with E-state index in [0.717, 1.165) is 48.1 Å². The van der Waals surface area contributed by atoms with E-state index in [4.69, 9.17) is 0 Å². The fourth-order valence-electron chi connectivity index (χ4n) is 6.70. The first-order valence-corrected chi connectivity index (χ1v) is 12.3. The van der Waals surface area contributed by atoms with Gasteiger partial charge in [0.2, 0.25) is 0 Å². The summed E-state index contributed by atoms with van der Waals surface area (Å²) in [7, 11) is 0. The van der Waals surface area contributed by atoms with Crippen molar-refractivity contribution in [2.24, 2.45) is 11.8 Å². The summed E-state index contributed by atoms with van der Waals surface area (Å²) in [6, 6.07) is 4.76. The third-order valence-electron chi connectivity index (χ3n) is 8.77. The zero-order valence-electron chi connectivity index (χ0n) is 19.5. The Morgan fingerprint density at radius 2 is 1.00 bits per heavy atom. The number of nitrogens with zero attached hydrogens (tertiary/aromatic N) is 4. The molecule has 4 rings (SSSR count). The molecule has 0 aromatic carbocycles. The standard InChI is InChI=1S/C24H46N4/c1-17(2)27-15-21-13-25(11-9-23(21)27)19(5)7-8-20(6)26-12-10-24-22(14-26)16-28(24)18(3)4/h17-24H,7-16H2,1-6H3. The van der Waals surface area contributed by atoms with Gasteiger partial charge in [-0.3, -0.25) is 9.80 Å². The van der Waals surface area contributed by atoms with Crippen molar-refractivity contribution >= 4 is 0 Å². The zero-order chi connectivity index (χ0) is 20.0. The van der Waals surface area contributed by atoms with Gasteiger partial charge in [-0.25, -0.2) is 0 Å². The molecule has 4 saturated heterocycles. The van der Waals surface area contributed by atoms with E-state index in [1.807, 2.05) is 0 Å². The fraction of sp³-hybridized carbons (Fsp3) is 1.00. The van der Waals surface area contributed by atoms with Crippen molar-refractivity contribution in [3.63, 3.8) is 0 Å². The summed E-state index contributed by atoms with van der Waals surface area (Å²) in [4.78, 5) is 11.1. The Balaban J connectivity index is 1.17. The second kappa shape index (κ2) is 8.53. The molecule has 162 valence electrons. The molecule has 4 aliphatic heterocycles. The van der Waals surface area contributed by atoms with Crippen LogP contribution in [0.25, 0.3) is 0 Å². The SMILES string of the molecule is CC(CCC(C)N1CCC2C(C1)CN2C(C)C)N1CCC2C(C1)CN2C(C)C. The molecular formula is C24H46N4. The van der Waals surface area contributed by atoms with E-state index in [0.29, 0.717) is 0 Å². The Bertz CT molecular complexity index is 475. The van der Waals surface area contributed by atoms with Crippen LogP contribution in [0, 0.1) is 11.8 Å². The molecule has 4 aliphatic rings. The quantitative estimate of drug-likeness (QED) is 0.661. The Hall–Kier alpha value is -0.160. The summed E-state index contributed by atoms with van der Waals surface area (Å²) in [5.41, 5.74) is 0. The summed E-state index contributed by atoms with van der Waals surface area (Å²) >= 11 is 0. The molecule has 0 radical (unpaired) electrons. The minimum absolute atomic E-state index is 0.735. The maximum absolute atomic E-state index is 2.81. The van der Waals surface area contributed by atoms with Gasteiger partial charge in [0, 0.05) is 62.4 Å². The van der Waals surface area contributed by atoms with Crippen molar-refractivity contribution in [1.82, 2.24) is 19.6 Å². The van der Waals surface area contributed by atoms with E-state index in [9.17, 15) is 0 Å². The van der Waals surface area contributed by atoms with Crippen LogP contribution in [-0.4, -0.2) is 95.1 Å². The van der Waals surface area contributed by atoms with Crippen LogP contribution in [0.4, 0.5) is 0 Å². The van der Waals surface area contributed by atoms with Gasteiger partial charge in [-0.05, 0) is 92.2 Å². The van der Waals surface area contributed by atoms with E-state index < -0.39 is 0 Å². The first-order valence-electron chi connectivity index (χ1n) is 12.3. The normalized spacial score (nSPS) is 37.3. The van der Waals surface area contributed by atoms with Crippen LogP contribution < -0.4 is 0 Å². The van der Waals surface area contributed by atoms with Crippen molar-refractivity contribution in [2.75, 3.05) is 39.3 Å². The average molecular weight is 391 g/mol. The van der Waals surface area contributed by atoms with Crippen LogP contribution in [-0.2, 0) is 0 Å². The van der Waals surface area contributed by atoms with Crippen LogP contribution in [0.2, 0.25) is 0 Å². The molecule has 6 atom stereocenters. The lowest BCUT2D eigenvalue weighted by Gasteiger charge is -2.56. The lowest BCUT2D eigenvalue weighted by atomic mass is 9.80. The Kier molecular flexibility index (Phi) is 6.42. The highest BCUT2D eigenvalue weighted by atomic mass is 15.3. The van der Waals surface area contributed by atoms with Gasteiger partial charge in [-0.15, -0.1) is 0 Å². The van der Waals surface area contributed by atoms with E-state index in [1.54, 1.807) is 0 Å². The first-order chi connectivity index (χ1) is 13.3. The van der Waals surface area contributed by atoms with Crippen LogP contribution >= 0.6 is 0 Å². The monoisotopic (exact) mass is 390 g/mol. The number of hydrogen-bond acceptors (Lipinski definition) is 4. The molecule has 0 saturated carbocycles. The van der Waals surface area contributed by atoms with Gasteiger partial charge in [0.05, 0.1) is 0 Å². The third kappa shape index (κ3) is 4.04. The van der Waals surface area contributed by atoms with Crippen molar-refractivity contribution in [3.05, 3.63) is 0 Å². The number of rotatable bonds is 7. The van der Waals surface area contributed by atoms with Crippen molar-refractivity contribution in [1.29, 1.82) is 0 Å². The fourth-order valence-corrected chi connectivity index (χ4v) is 6.70. The molecular weight excluding hydrogens is 344 g/mol. The smallest absolute Gasteiger partial charge is 0.0163 e. The third-order valence-corrected chi connectivity index (χ3v) is 8.77. The average Bonchev–Trinajstić information content (AvgIpc) is 2.60. The number of fused-ring (bicyclic) bond motifs is 2. The van der Waals surface area contributed by atoms with Crippen molar-refractivity contribution < 1.29 is 0 Å². The zero-order valence-corrected chi connectivity index (χ0v) is 19.5. The largest absolute Gasteiger partial charge is 0.300 e. The van der Waals surface area contributed by atoms with E-state index in [-0.39, 0.29) is 0 Å². The Morgan fingerprint density at radius 1 is 0.607 bits per heavy atom. The maximum Gasteiger partial charge on any atom is 0.0163 e. The van der Waals surface area contributed by atoms with Gasteiger partial charge < -0.3 is 9.80 Å². The predicted molar refractivity (Wildman–Crippen MR) is 119 cm³/mol. The molecule has 4 nitrogen and oxygen atoms in total. The van der Waals surface area contributed by atoms with Crippen LogP contribution in [0.15, 0.2) is 0 Å². The molecule has 28 heavy (non-hydrogen) atoms. The second-order valence-electron chi connectivity index (χ2n) is 11.1. The highest BCUT2D eigenvalue weighted by Gasteiger charge is 2.45. The number of hydrogen-bond donors (Lipinski definition) is 0. The van der Waals surface area contributed by atoms with Crippen LogP contribution in [0.5, 0.6) is 0 Å². The van der Waals surface area contributed by atoms with Crippen molar-refractivity contribution in [2.45, 2.75) is 103 Å². The van der Waals surface area contributed by atoms with Crippen LogP contribution in [0.3, 0.4) is 0 Å². The minimum atomic E-state index is 0.735. The van der Waals surface area contributed by atoms with Crippen LogP contribution in [0.1, 0.15) is 67.2 Å². The van der Waals surface area contributed by atoms with Gasteiger partial charge in [-0.1, -0.05) is 0 Å². The second-order valence-corrected chi connectivity index (χ2v) is 11.1. The molecule has 0 amide bonds. The first kappa shape index (κ1) is 21.1. The summed E-state index contributed by atoms with van der Waals surface area (Å²) in [6.07, 6.45) is 5.53. The molecule has 0 spiro atoms. The van der Waals surface area contributed by atoms with Crippen molar-refractivity contribution in [3.8, 4) is 0 Å². The molecule has 0 bridgehead atoms. The van der Waals surface area contributed by atoms with Gasteiger partial charge in [0.15, 0.2) is 0 Å².